The van der Waals surface area contributed by atoms with E-state index in [1.807, 2.05) is 36.4 Å². The maximum absolute atomic E-state index is 5.45. The summed E-state index contributed by atoms with van der Waals surface area (Å²) in [4.78, 5) is 8.91. The molecule has 3 N–H and O–H groups in total. The van der Waals surface area contributed by atoms with Gasteiger partial charge in [0.2, 0.25) is 0 Å². The van der Waals surface area contributed by atoms with E-state index in [1.165, 1.54) is 0 Å². The Labute approximate surface area is 111 Å². The summed E-state index contributed by atoms with van der Waals surface area (Å²) < 4.78 is 0. The van der Waals surface area contributed by atoms with Crippen LogP contribution in [0, 0.1) is 0 Å². The van der Waals surface area contributed by atoms with E-state index in [-0.39, 0.29) is 0 Å². The molecule has 1 aromatic heterocycles. The maximum atomic E-state index is 5.45. The number of aromatic nitrogens is 2. The molecule has 0 radical (unpaired) electrons. The summed E-state index contributed by atoms with van der Waals surface area (Å²) in [6, 6.07) is 11.9. The Balaban J connectivity index is 2.35. The summed E-state index contributed by atoms with van der Waals surface area (Å²) in [5, 5.41) is 0. The van der Waals surface area contributed by atoms with E-state index >= 15 is 0 Å². The smallest absolute Gasteiger partial charge is 0.144 e. The van der Waals surface area contributed by atoms with Crippen molar-refractivity contribution in [3.8, 4) is 11.3 Å². The van der Waals surface area contributed by atoms with Crippen LogP contribution in [0.2, 0.25) is 0 Å². The van der Waals surface area contributed by atoms with E-state index in [4.69, 9.17) is 5.84 Å². The molecule has 0 aliphatic rings. The van der Waals surface area contributed by atoms with E-state index in [9.17, 15) is 0 Å². The SMILES string of the molecule is CCSCc1nc(NN)cc(-c2ccccc2)n1. The largest absolute Gasteiger partial charge is 0.308 e. The number of nitrogens with one attached hydrogen (secondary N) is 1. The molecule has 2 aromatic rings. The average Bonchev–Trinajstić information content (AvgIpc) is 2.45. The minimum Gasteiger partial charge on any atom is -0.308 e. The second-order valence-electron chi connectivity index (χ2n) is 3.70. The highest BCUT2D eigenvalue weighted by Crippen LogP contribution is 2.20. The first-order valence-corrected chi connectivity index (χ1v) is 6.96. The first-order chi connectivity index (χ1) is 8.83. The summed E-state index contributed by atoms with van der Waals surface area (Å²) in [5.74, 6) is 8.74. The fraction of sp³-hybridized carbons (Fsp3) is 0.231. The third-order valence-electron chi connectivity index (χ3n) is 2.43. The molecular weight excluding hydrogens is 244 g/mol. The molecule has 0 aliphatic heterocycles. The van der Waals surface area contributed by atoms with Crippen molar-refractivity contribution < 1.29 is 0 Å². The molecule has 18 heavy (non-hydrogen) atoms. The molecular formula is C13H16N4S. The van der Waals surface area contributed by atoms with Crippen LogP contribution < -0.4 is 11.3 Å². The number of nitrogen functional groups attached to an aromatic ring is 1. The average molecular weight is 260 g/mol. The lowest BCUT2D eigenvalue weighted by Crippen LogP contribution is -2.10. The van der Waals surface area contributed by atoms with Gasteiger partial charge < -0.3 is 5.43 Å². The number of anilines is 1. The van der Waals surface area contributed by atoms with Crippen molar-refractivity contribution in [3.63, 3.8) is 0 Å². The van der Waals surface area contributed by atoms with E-state index in [1.54, 1.807) is 11.8 Å². The van der Waals surface area contributed by atoms with Crippen LogP contribution in [0.25, 0.3) is 11.3 Å². The number of nitrogens with two attached hydrogens (primary N) is 1. The van der Waals surface area contributed by atoms with Crippen molar-refractivity contribution in [1.82, 2.24) is 9.97 Å². The fourth-order valence-electron chi connectivity index (χ4n) is 1.59. The standard InChI is InChI=1S/C13H16N4S/c1-2-18-9-13-15-11(8-12(16-13)17-14)10-6-4-3-5-7-10/h3-8H,2,9,14H2,1H3,(H,15,16,17). The van der Waals surface area contributed by atoms with Gasteiger partial charge in [-0.15, -0.1) is 0 Å². The van der Waals surface area contributed by atoms with Gasteiger partial charge in [-0.1, -0.05) is 37.3 Å². The zero-order chi connectivity index (χ0) is 12.8. The Morgan fingerprint density at radius 2 is 2.00 bits per heavy atom. The summed E-state index contributed by atoms with van der Waals surface area (Å²) in [7, 11) is 0. The molecule has 0 unspecified atom stereocenters. The molecule has 0 bridgehead atoms. The summed E-state index contributed by atoms with van der Waals surface area (Å²) in [6.45, 7) is 2.12. The quantitative estimate of drug-likeness (QED) is 0.639. The third-order valence-corrected chi connectivity index (χ3v) is 3.30. The van der Waals surface area contributed by atoms with Crippen LogP contribution in [0.5, 0.6) is 0 Å². The molecule has 0 aliphatic carbocycles. The highest BCUT2D eigenvalue weighted by Gasteiger charge is 2.05. The van der Waals surface area contributed by atoms with Gasteiger partial charge in [0.05, 0.1) is 11.4 Å². The predicted molar refractivity (Wildman–Crippen MR) is 77.1 cm³/mol. The summed E-state index contributed by atoms with van der Waals surface area (Å²) in [6.07, 6.45) is 0. The molecule has 2 rings (SSSR count). The number of hydrazine groups is 1. The normalized spacial score (nSPS) is 10.3. The summed E-state index contributed by atoms with van der Waals surface area (Å²) >= 11 is 1.79. The highest BCUT2D eigenvalue weighted by atomic mass is 32.2. The van der Waals surface area contributed by atoms with Gasteiger partial charge in [-0.3, -0.25) is 0 Å². The highest BCUT2D eigenvalue weighted by molar-refractivity contribution is 7.98. The first-order valence-electron chi connectivity index (χ1n) is 5.81. The molecule has 0 spiro atoms. The van der Waals surface area contributed by atoms with Gasteiger partial charge in [0.15, 0.2) is 0 Å². The minimum absolute atomic E-state index is 0.649. The van der Waals surface area contributed by atoms with E-state index in [0.29, 0.717) is 5.82 Å². The first kappa shape index (κ1) is 12.9. The predicted octanol–water partition coefficient (Wildman–Crippen LogP) is 2.68. The van der Waals surface area contributed by atoms with Crippen LogP contribution in [0.3, 0.4) is 0 Å². The van der Waals surface area contributed by atoms with Crippen LogP contribution in [0.15, 0.2) is 36.4 Å². The Kier molecular flexibility index (Phi) is 4.55. The van der Waals surface area contributed by atoms with Crippen molar-refractivity contribution in [2.24, 2.45) is 5.84 Å². The molecule has 0 amide bonds. The Morgan fingerprint density at radius 1 is 1.22 bits per heavy atom. The van der Waals surface area contributed by atoms with Gasteiger partial charge in [-0.25, -0.2) is 15.8 Å². The van der Waals surface area contributed by atoms with Crippen molar-refractivity contribution in [1.29, 1.82) is 0 Å². The number of nitrogens with zero attached hydrogens (tertiary/aromatic N) is 2. The molecule has 5 heteroatoms. The third kappa shape index (κ3) is 3.21. The van der Waals surface area contributed by atoms with Gasteiger partial charge >= 0.3 is 0 Å². The molecule has 0 atom stereocenters. The second kappa shape index (κ2) is 6.37. The molecule has 1 aromatic carbocycles. The molecule has 94 valence electrons. The summed E-state index contributed by atoms with van der Waals surface area (Å²) in [5.41, 5.74) is 4.56. The van der Waals surface area contributed by atoms with Crippen LogP contribution in [0.1, 0.15) is 12.7 Å². The van der Waals surface area contributed by atoms with Gasteiger partial charge in [0.1, 0.15) is 11.6 Å². The molecule has 0 fully saturated rings. The van der Waals surface area contributed by atoms with Gasteiger partial charge in [0, 0.05) is 11.6 Å². The van der Waals surface area contributed by atoms with Crippen molar-refractivity contribution in [2.75, 3.05) is 11.2 Å². The zero-order valence-corrected chi connectivity index (χ0v) is 11.1. The van der Waals surface area contributed by atoms with Crippen molar-refractivity contribution in [2.45, 2.75) is 12.7 Å². The molecule has 4 nitrogen and oxygen atoms in total. The van der Waals surface area contributed by atoms with Crippen LogP contribution in [0.4, 0.5) is 5.82 Å². The second-order valence-corrected chi connectivity index (χ2v) is 4.98. The van der Waals surface area contributed by atoms with Crippen molar-refractivity contribution in [3.05, 3.63) is 42.2 Å². The maximum Gasteiger partial charge on any atom is 0.144 e. The number of rotatable bonds is 5. The number of thioether (sulfide) groups is 1. The van der Waals surface area contributed by atoms with Crippen LogP contribution >= 0.6 is 11.8 Å². The Hall–Kier alpha value is -1.59. The number of hydrogen-bond acceptors (Lipinski definition) is 5. The molecule has 1 heterocycles. The fourth-order valence-corrected chi connectivity index (χ4v) is 2.10. The van der Waals surface area contributed by atoms with E-state index in [0.717, 1.165) is 28.6 Å². The van der Waals surface area contributed by atoms with Gasteiger partial charge in [0.25, 0.3) is 0 Å². The van der Waals surface area contributed by atoms with E-state index < -0.39 is 0 Å². The lowest BCUT2D eigenvalue weighted by Gasteiger charge is -2.07. The number of benzene rings is 1. The molecule has 0 saturated heterocycles. The van der Waals surface area contributed by atoms with E-state index in [2.05, 4.69) is 22.3 Å². The lowest BCUT2D eigenvalue weighted by molar-refractivity contribution is 1.03. The lowest BCUT2D eigenvalue weighted by atomic mass is 10.1. The van der Waals surface area contributed by atoms with Crippen molar-refractivity contribution >= 4 is 17.6 Å². The zero-order valence-electron chi connectivity index (χ0n) is 10.3. The molecule has 0 saturated carbocycles. The minimum atomic E-state index is 0.649. The number of hydrogen-bond donors (Lipinski definition) is 2. The Bertz CT molecular complexity index is 502. The van der Waals surface area contributed by atoms with Crippen LogP contribution in [-0.4, -0.2) is 15.7 Å². The topological polar surface area (TPSA) is 63.8 Å². The van der Waals surface area contributed by atoms with Gasteiger partial charge in [-0.2, -0.15) is 11.8 Å². The van der Waals surface area contributed by atoms with Gasteiger partial charge in [-0.05, 0) is 5.75 Å². The van der Waals surface area contributed by atoms with Crippen LogP contribution in [-0.2, 0) is 5.75 Å². The monoisotopic (exact) mass is 260 g/mol. The Morgan fingerprint density at radius 3 is 2.67 bits per heavy atom.